The predicted octanol–water partition coefficient (Wildman–Crippen LogP) is 19.6. The van der Waals surface area contributed by atoms with Gasteiger partial charge in [-0.25, -0.2) is 0 Å². The Morgan fingerprint density at radius 3 is 1.04 bits per heavy atom. The van der Waals surface area contributed by atoms with Crippen molar-refractivity contribution in [2.75, 3.05) is 13.2 Å². The fraction of sp³-hybridized carbons (Fsp3) is 0.875. The first kappa shape index (κ1) is 68.1. The average Bonchev–Trinajstić information content (AvgIpc) is 3.36. The molecular formula is C64H121NO5. The average molecular weight is 985 g/mol. The van der Waals surface area contributed by atoms with E-state index in [1.54, 1.807) is 6.08 Å². The summed E-state index contributed by atoms with van der Waals surface area (Å²) in [5.74, 6) is -0.0736. The Hall–Kier alpha value is -1.92. The normalized spacial score (nSPS) is 12.8. The lowest BCUT2D eigenvalue weighted by Gasteiger charge is -2.20. The van der Waals surface area contributed by atoms with Gasteiger partial charge in [-0.1, -0.05) is 275 Å². The van der Waals surface area contributed by atoms with Crippen LogP contribution in [0.2, 0.25) is 0 Å². The monoisotopic (exact) mass is 984 g/mol. The van der Waals surface area contributed by atoms with Gasteiger partial charge < -0.3 is 20.3 Å². The second kappa shape index (κ2) is 59.6. The molecule has 0 fully saturated rings. The molecule has 2 unspecified atom stereocenters. The number of aliphatic hydroxyl groups is 2. The molecule has 2 atom stereocenters. The Morgan fingerprint density at radius 2 is 0.671 bits per heavy atom. The lowest BCUT2D eigenvalue weighted by atomic mass is 10.0. The number of esters is 1. The predicted molar refractivity (Wildman–Crippen MR) is 306 cm³/mol. The van der Waals surface area contributed by atoms with Crippen molar-refractivity contribution >= 4 is 11.9 Å². The number of carbonyl (C=O) groups excluding carboxylic acids is 2. The third-order valence-corrected chi connectivity index (χ3v) is 14.4. The first-order valence-electron chi connectivity index (χ1n) is 31.3. The number of aliphatic hydroxyl groups excluding tert-OH is 2. The number of ether oxygens (including phenoxy) is 1. The summed E-state index contributed by atoms with van der Waals surface area (Å²) in [6.07, 6.45) is 74.7. The highest BCUT2D eigenvalue weighted by Crippen LogP contribution is 2.17. The molecule has 6 heteroatoms. The van der Waals surface area contributed by atoms with E-state index in [-0.39, 0.29) is 18.5 Å². The fourth-order valence-corrected chi connectivity index (χ4v) is 9.57. The zero-order valence-corrected chi connectivity index (χ0v) is 47.0. The summed E-state index contributed by atoms with van der Waals surface area (Å²) in [7, 11) is 0. The third kappa shape index (κ3) is 55.4. The van der Waals surface area contributed by atoms with Gasteiger partial charge in [0.15, 0.2) is 0 Å². The maximum Gasteiger partial charge on any atom is 0.305 e. The van der Waals surface area contributed by atoms with E-state index in [2.05, 4.69) is 43.5 Å². The number of amides is 1. The Morgan fingerprint density at radius 1 is 0.386 bits per heavy atom. The minimum Gasteiger partial charge on any atom is -0.466 e. The molecule has 0 heterocycles. The largest absolute Gasteiger partial charge is 0.466 e. The molecule has 6 nitrogen and oxygen atoms in total. The second-order valence-corrected chi connectivity index (χ2v) is 21.4. The minimum atomic E-state index is -0.850. The summed E-state index contributed by atoms with van der Waals surface area (Å²) < 4.78 is 5.46. The Labute approximate surface area is 436 Å². The van der Waals surface area contributed by atoms with Crippen molar-refractivity contribution in [1.82, 2.24) is 5.32 Å². The molecule has 0 saturated heterocycles. The standard InChI is InChI=1S/C64H121NO5/c1-3-5-7-9-11-13-15-17-18-19-24-27-30-33-36-40-44-48-52-56-62(67)61(60-66)65-63(68)57-53-49-45-41-37-34-31-28-25-22-20-21-23-26-29-32-35-39-43-47-51-55-59-70-64(69)58-54-50-46-42-38-16-14-12-10-8-6-4-2/h12,14,22,25,52,56,61-62,66-67H,3-11,13,15-21,23-24,26-51,53-55,57-60H2,1-2H3,(H,65,68)/b14-12-,25-22-,56-52+. The summed E-state index contributed by atoms with van der Waals surface area (Å²) in [5.41, 5.74) is 0. The number of unbranched alkanes of at least 4 members (excludes halogenated alkanes) is 43. The van der Waals surface area contributed by atoms with Crippen molar-refractivity contribution in [2.45, 2.75) is 347 Å². The van der Waals surface area contributed by atoms with E-state index < -0.39 is 12.1 Å². The van der Waals surface area contributed by atoms with Crippen LogP contribution in [0.15, 0.2) is 36.5 Å². The highest BCUT2D eigenvalue weighted by molar-refractivity contribution is 5.76. The molecule has 0 aliphatic carbocycles. The molecule has 0 aromatic carbocycles. The van der Waals surface area contributed by atoms with E-state index in [4.69, 9.17) is 4.74 Å². The molecular weight excluding hydrogens is 863 g/mol. The Balaban J connectivity index is 3.46. The molecule has 0 saturated carbocycles. The molecule has 3 N–H and O–H groups in total. The van der Waals surface area contributed by atoms with E-state index in [9.17, 15) is 19.8 Å². The summed E-state index contributed by atoms with van der Waals surface area (Å²) >= 11 is 0. The summed E-state index contributed by atoms with van der Waals surface area (Å²) in [4.78, 5) is 24.5. The summed E-state index contributed by atoms with van der Waals surface area (Å²) in [6.45, 7) is 4.89. The van der Waals surface area contributed by atoms with Crippen LogP contribution in [0, 0.1) is 0 Å². The highest BCUT2D eigenvalue weighted by atomic mass is 16.5. The van der Waals surface area contributed by atoms with Gasteiger partial charge in [0.25, 0.3) is 0 Å². The molecule has 0 bridgehead atoms. The van der Waals surface area contributed by atoms with Crippen LogP contribution >= 0.6 is 0 Å². The molecule has 1 amide bonds. The van der Waals surface area contributed by atoms with Crippen molar-refractivity contribution < 1.29 is 24.5 Å². The van der Waals surface area contributed by atoms with Gasteiger partial charge in [0.05, 0.1) is 25.4 Å². The topological polar surface area (TPSA) is 95.9 Å². The van der Waals surface area contributed by atoms with Crippen LogP contribution in [-0.2, 0) is 14.3 Å². The molecule has 70 heavy (non-hydrogen) atoms. The maximum atomic E-state index is 12.5. The van der Waals surface area contributed by atoms with Crippen molar-refractivity contribution in [3.63, 3.8) is 0 Å². The SMILES string of the molecule is CCCCC/C=C\CCCCCCCC(=O)OCCCCCCCCCCCCC/C=C\CCCCCCCCCC(=O)NC(CO)C(O)/C=C/CCCCCCCCCCCCCCCCCCC. The van der Waals surface area contributed by atoms with Gasteiger partial charge in [-0.05, 0) is 83.5 Å². The molecule has 412 valence electrons. The van der Waals surface area contributed by atoms with E-state index in [1.165, 1.54) is 257 Å². The van der Waals surface area contributed by atoms with Crippen LogP contribution in [0.25, 0.3) is 0 Å². The van der Waals surface area contributed by atoms with Crippen molar-refractivity contribution in [3.8, 4) is 0 Å². The van der Waals surface area contributed by atoms with E-state index >= 15 is 0 Å². The van der Waals surface area contributed by atoms with E-state index in [0.717, 1.165) is 51.4 Å². The second-order valence-electron chi connectivity index (χ2n) is 21.4. The Bertz CT molecular complexity index is 1130. The minimum absolute atomic E-state index is 0.000710. The number of nitrogens with one attached hydrogen (secondary N) is 1. The first-order chi connectivity index (χ1) is 34.5. The number of hydrogen-bond donors (Lipinski definition) is 3. The zero-order valence-electron chi connectivity index (χ0n) is 47.0. The van der Waals surface area contributed by atoms with Gasteiger partial charge in [-0.15, -0.1) is 0 Å². The van der Waals surface area contributed by atoms with Gasteiger partial charge >= 0.3 is 5.97 Å². The van der Waals surface area contributed by atoms with Crippen molar-refractivity contribution in [2.24, 2.45) is 0 Å². The molecule has 0 aliphatic rings. The third-order valence-electron chi connectivity index (χ3n) is 14.4. The number of allylic oxidation sites excluding steroid dienone is 5. The number of rotatable bonds is 58. The van der Waals surface area contributed by atoms with Crippen molar-refractivity contribution in [3.05, 3.63) is 36.5 Å². The Kier molecular flexibility index (Phi) is 58.0. The maximum absolute atomic E-state index is 12.5. The quantitative estimate of drug-likeness (QED) is 0.0321. The lowest BCUT2D eigenvalue weighted by molar-refractivity contribution is -0.143. The number of carbonyl (C=O) groups is 2. The van der Waals surface area contributed by atoms with Gasteiger partial charge in [0, 0.05) is 12.8 Å². The van der Waals surface area contributed by atoms with E-state index in [0.29, 0.717) is 19.4 Å². The van der Waals surface area contributed by atoms with Gasteiger partial charge in [-0.3, -0.25) is 9.59 Å². The molecule has 0 rings (SSSR count). The van der Waals surface area contributed by atoms with Crippen LogP contribution < -0.4 is 5.32 Å². The van der Waals surface area contributed by atoms with Crippen molar-refractivity contribution in [1.29, 1.82) is 0 Å². The lowest BCUT2D eigenvalue weighted by Crippen LogP contribution is -2.45. The van der Waals surface area contributed by atoms with Crippen LogP contribution in [0.3, 0.4) is 0 Å². The van der Waals surface area contributed by atoms with Gasteiger partial charge in [0.2, 0.25) is 5.91 Å². The fourth-order valence-electron chi connectivity index (χ4n) is 9.57. The van der Waals surface area contributed by atoms with Gasteiger partial charge in [0.1, 0.15) is 0 Å². The molecule has 0 spiro atoms. The van der Waals surface area contributed by atoms with Crippen LogP contribution in [0.5, 0.6) is 0 Å². The summed E-state index contributed by atoms with van der Waals surface area (Å²) in [5, 5.41) is 23.2. The van der Waals surface area contributed by atoms with Gasteiger partial charge in [-0.2, -0.15) is 0 Å². The zero-order chi connectivity index (χ0) is 50.7. The number of hydrogen-bond acceptors (Lipinski definition) is 5. The van der Waals surface area contributed by atoms with E-state index in [1.807, 2.05) is 6.08 Å². The van der Waals surface area contributed by atoms with Crippen LogP contribution in [-0.4, -0.2) is 47.4 Å². The van der Waals surface area contributed by atoms with Crippen LogP contribution in [0.4, 0.5) is 0 Å². The molecule has 0 aromatic heterocycles. The summed E-state index contributed by atoms with van der Waals surface area (Å²) in [6, 6.07) is -0.634. The molecule has 0 aliphatic heterocycles. The molecule has 0 aromatic rings. The smallest absolute Gasteiger partial charge is 0.305 e. The first-order valence-corrected chi connectivity index (χ1v) is 31.3. The highest BCUT2D eigenvalue weighted by Gasteiger charge is 2.18. The van der Waals surface area contributed by atoms with Crippen LogP contribution in [0.1, 0.15) is 335 Å². The molecule has 0 radical (unpaired) electrons.